The molecule has 25 heavy (non-hydrogen) atoms. The van der Waals surface area contributed by atoms with Gasteiger partial charge < -0.3 is 14.5 Å². The van der Waals surface area contributed by atoms with Crippen molar-refractivity contribution in [3.05, 3.63) is 59.7 Å². The molecule has 1 aromatic carbocycles. The van der Waals surface area contributed by atoms with E-state index in [1.807, 2.05) is 30.3 Å². The van der Waals surface area contributed by atoms with Crippen LogP contribution < -0.4 is 10.1 Å². The van der Waals surface area contributed by atoms with Gasteiger partial charge >= 0.3 is 0 Å². The van der Waals surface area contributed by atoms with E-state index in [9.17, 15) is 4.79 Å². The number of nitrogens with zero attached hydrogens (tertiary/aromatic N) is 1. The van der Waals surface area contributed by atoms with E-state index >= 15 is 0 Å². The molecule has 1 atom stereocenters. The summed E-state index contributed by atoms with van der Waals surface area (Å²) in [7, 11) is 1.62. The summed E-state index contributed by atoms with van der Waals surface area (Å²) in [5.74, 6) is 1.60. The van der Waals surface area contributed by atoms with Gasteiger partial charge in [-0.3, -0.25) is 9.89 Å². The molecule has 0 aliphatic heterocycles. The van der Waals surface area contributed by atoms with Crippen molar-refractivity contribution in [3.8, 4) is 17.0 Å². The lowest BCUT2D eigenvalue weighted by molar-refractivity contribution is 0.0933. The van der Waals surface area contributed by atoms with Crippen LogP contribution in [0.4, 0.5) is 0 Å². The normalized spacial score (nSPS) is 16.3. The first kappa shape index (κ1) is 15.5. The molecule has 1 aliphatic rings. The number of methoxy groups -OCH3 is 1. The zero-order chi connectivity index (χ0) is 17.2. The molecule has 4 rings (SSSR count). The van der Waals surface area contributed by atoms with Gasteiger partial charge in [-0.15, -0.1) is 0 Å². The fourth-order valence-electron chi connectivity index (χ4n) is 3.31. The summed E-state index contributed by atoms with van der Waals surface area (Å²) in [6.07, 6.45) is 6.09. The summed E-state index contributed by atoms with van der Waals surface area (Å²) in [6, 6.07) is 9.44. The van der Waals surface area contributed by atoms with Gasteiger partial charge in [0.1, 0.15) is 11.5 Å². The number of hydrogen-bond donors (Lipinski definition) is 2. The summed E-state index contributed by atoms with van der Waals surface area (Å²) >= 11 is 0. The molecule has 6 heteroatoms. The van der Waals surface area contributed by atoms with Crippen LogP contribution in [0.1, 0.15) is 40.6 Å². The molecule has 0 saturated heterocycles. The molecule has 0 radical (unpaired) electrons. The Morgan fingerprint density at radius 3 is 2.96 bits per heavy atom. The Hall–Kier alpha value is -3.02. The van der Waals surface area contributed by atoms with Gasteiger partial charge in [0.2, 0.25) is 0 Å². The molecule has 1 aliphatic carbocycles. The minimum Gasteiger partial charge on any atom is -0.497 e. The van der Waals surface area contributed by atoms with Gasteiger partial charge in [0.05, 0.1) is 36.9 Å². The van der Waals surface area contributed by atoms with Crippen LogP contribution in [0.25, 0.3) is 11.3 Å². The molecule has 2 heterocycles. The van der Waals surface area contributed by atoms with Crippen LogP contribution in [-0.2, 0) is 6.42 Å². The highest BCUT2D eigenvalue weighted by Crippen LogP contribution is 2.31. The molecule has 0 fully saturated rings. The molecular weight excluding hydrogens is 318 g/mol. The first-order chi connectivity index (χ1) is 12.3. The fourth-order valence-corrected chi connectivity index (χ4v) is 3.31. The minimum atomic E-state index is -0.140. The third-order valence-corrected chi connectivity index (χ3v) is 4.62. The second-order valence-electron chi connectivity index (χ2n) is 6.10. The van der Waals surface area contributed by atoms with Gasteiger partial charge in [0, 0.05) is 17.5 Å². The van der Waals surface area contributed by atoms with E-state index < -0.39 is 0 Å². The first-order valence-corrected chi connectivity index (χ1v) is 8.31. The third-order valence-electron chi connectivity index (χ3n) is 4.62. The van der Waals surface area contributed by atoms with Crippen molar-refractivity contribution in [3.63, 3.8) is 0 Å². The molecular formula is C19H19N3O3. The second-order valence-corrected chi connectivity index (χ2v) is 6.10. The number of aromatic amines is 1. The molecule has 128 valence electrons. The smallest absolute Gasteiger partial charge is 0.255 e. The Morgan fingerprint density at radius 2 is 2.16 bits per heavy atom. The van der Waals surface area contributed by atoms with E-state index in [4.69, 9.17) is 9.15 Å². The molecule has 2 N–H and O–H groups in total. The number of carbonyl (C=O) groups excluding carboxylic acids is 1. The number of benzene rings is 1. The summed E-state index contributed by atoms with van der Waals surface area (Å²) in [5.41, 5.74) is 3.19. The van der Waals surface area contributed by atoms with Crippen LogP contribution in [0, 0.1) is 0 Å². The lowest BCUT2D eigenvalue weighted by atomic mass is 9.93. The lowest BCUT2D eigenvalue weighted by Crippen LogP contribution is -2.30. The zero-order valence-corrected chi connectivity index (χ0v) is 13.9. The maximum Gasteiger partial charge on any atom is 0.255 e. The number of furan rings is 1. The molecule has 0 unspecified atom stereocenters. The van der Waals surface area contributed by atoms with Gasteiger partial charge in [0.15, 0.2) is 0 Å². The predicted octanol–water partition coefficient (Wildman–Crippen LogP) is 3.49. The number of hydrogen-bond acceptors (Lipinski definition) is 4. The van der Waals surface area contributed by atoms with Crippen molar-refractivity contribution in [2.45, 2.75) is 25.3 Å². The Kier molecular flexibility index (Phi) is 4.01. The fraction of sp³-hybridized carbons (Fsp3) is 0.263. The quantitative estimate of drug-likeness (QED) is 0.764. The number of rotatable bonds is 4. The Balaban J connectivity index is 1.57. The van der Waals surface area contributed by atoms with Crippen LogP contribution >= 0.6 is 0 Å². The maximum absolute atomic E-state index is 12.8. The second kappa shape index (κ2) is 6.47. The standard InChI is InChI=1S/C19H19N3O3/c1-24-13-7-5-12(6-8-13)18-15(11-20-22-18)19(23)21-16-3-2-4-17-14(16)9-10-25-17/h5-11,16H,2-4H2,1H3,(H,20,22)(H,21,23)/t16-/m0/s1. The first-order valence-electron chi connectivity index (χ1n) is 8.31. The molecule has 3 aromatic rings. The van der Waals surface area contributed by atoms with E-state index in [0.717, 1.165) is 41.9 Å². The Bertz CT molecular complexity index is 879. The topological polar surface area (TPSA) is 80.1 Å². The van der Waals surface area contributed by atoms with Crippen molar-refractivity contribution in [1.82, 2.24) is 15.5 Å². The van der Waals surface area contributed by atoms with Gasteiger partial charge in [0.25, 0.3) is 5.91 Å². The van der Waals surface area contributed by atoms with Crippen molar-refractivity contribution in [2.24, 2.45) is 0 Å². The summed E-state index contributed by atoms with van der Waals surface area (Å²) in [6.45, 7) is 0. The lowest BCUT2D eigenvalue weighted by Gasteiger charge is -2.22. The van der Waals surface area contributed by atoms with E-state index in [-0.39, 0.29) is 11.9 Å². The average molecular weight is 337 g/mol. The molecule has 1 amide bonds. The number of H-pyrrole nitrogens is 1. The van der Waals surface area contributed by atoms with Crippen molar-refractivity contribution in [1.29, 1.82) is 0 Å². The third kappa shape index (κ3) is 2.91. The largest absolute Gasteiger partial charge is 0.497 e. The molecule has 2 aromatic heterocycles. The van der Waals surface area contributed by atoms with Gasteiger partial charge in [-0.2, -0.15) is 5.10 Å². The number of aromatic nitrogens is 2. The van der Waals surface area contributed by atoms with E-state index in [1.54, 1.807) is 19.6 Å². The number of amides is 1. The van der Waals surface area contributed by atoms with Crippen LogP contribution in [0.2, 0.25) is 0 Å². The molecule has 0 bridgehead atoms. The Morgan fingerprint density at radius 1 is 1.32 bits per heavy atom. The van der Waals surface area contributed by atoms with Crippen LogP contribution in [0.5, 0.6) is 5.75 Å². The SMILES string of the molecule is COc1ccc(-c2[nH]ncc2C(=O)N[C@H]2CCCc3occc32)cc1. The van der Waals surface area contributed by atoms with Crippen molar-refractivity contribution in [2.75, 3.05) is 7.11 Å². The monoisotopic (exact) mass is 337 g/mol. The minimum absolute atomic E-state index is 0.0198. The number of carbonyl (C=O) groups is 1. The predicted molar refractivity (Wildman–Crippen MR) is 92.4 cm³/mol. The van der Waals surface area contributed by atoms with Crippen LogP contribution in [0.3, 0.4) is 0 Å². The van der Waals surface area contributed by atoms with Gasteiger partial charge in [-0.05, 0) is 43.2 Å². The summed E-state index contributed by atoms with van der Waals surface area (Å²) in [4.78, 5) is 12.8. The zero-order valence-electron chi connectivity index (χ0n) is 13.9. The van der Waals surface area contributed by atoms with E-state index in [0.29, 0.717) is 11.3 Å². The average Bonchev–Trinajstić information content (AvgIpc) is 3.31. The van der Waals surface area contributed by atoms with Gasteiger partial charge in [-0.1, -0.05) is 0 Å². The number of ether oxygens (including phenoxy) is 1. The summed E-state index contributed by atoms with van der Waals surface area (Å²) < 4.78 is 10.7. The highest BCUT2D eigenvalue weighted by molar-refractivity contribution is 6.00. The van der Waals surface area contributed by atoms with Gasteiger partial charge in [-0.25, -0.2) is 0 Å². The number of aryl methyl sites for hydroxylation is 1. The van der Waals surface area contributed by atoms with E-state index in [1.165, 1.54) is 0 Å². The molecule has 6 nitrogen and oxygen atoms in total. The van der Waals surface area contributed by atoms with Crippen LogP contribution in [-0.4, -0.2) is 23.2 Å². The highest BCUT2D eigenvalue weighted by Gasteiger charge is 2.25. The van der Waals surface area contributed by atoms with Crippen molar-refractivity contribution >= 4 is 5.91 Å². The highest BCUT2D eigenvalue weighted by atomic mass is 16.5. The molecule has 0 spiro atoms. The van der Waals surface area contributed by atoms with E-state index in [2.05, 4.69) is 15.5 Å². The number of fused-ring (bicyclic) bond motifs is 1. The summed E-state index contributed by atoms with van der Waals surface area (Å²) in [5, 5.41) is 10.1. The van der Waals surface area contributed by atoms with Crippen LogP contribution in [0.15, 0.2) is 47.2 Å². The maximum atomic E-state index is 12.8. The Labute approximate surface area is 145 Å². The molecule has 0 saturated carbocycles. The van der Waals surface area contributed by atoms with Crippen molar-refractivity contribution < 1.29 is 13.9 Å². The number of nitrogens with one attached hydrogen (secondary N) is 2.